The lowest BCUT2D eigenvalue weighted by atomic mass is 9.65. The number of likely N-dealkylation sites (tertiary alicyclic amines) is 1. The highest BCUT2D eigenvalue weighted by Crippen LogP contribution is 2.49. The summed E-state index contributed by atoms with van der Waals surface area (Å²) < 4.78 is 14.9. The highest BCUT2D eigenvalue weighted by atomic mass is 32.2. The van der Waals surface area contributed by atoms with Gasteiger partial charge in [0.05, 0.1) is 17.6 Å². The highest BCUT2D eigenvalue weighted by molar-refractivity contribution is 7.98. The second kappa shape index (κ2) is 6.77. The van der Waals surface area contributed by atoms with E-state index in [9.17, 15) is 23.9 Å². The Kier molecular flexibility index (Phi) is 4.70. The van der Waals surface area contributed by atoms with E-state index >= 15 is 0 Å². The molecule has 27 heavy (non-hydrogen) atoms. The molecule has 2 amide bonds. The number of carbonyl (C=O) groups excluding carboxylic acids is 2. The maximum Gasteiger partial charge on any atom is 0.408 e. The fourth-order valence-corrected chi connectivity index (χ4v) is 5.48. The lowest BCUT2D eigenvalue weighted by Crippen LogP contribution is -2.82. The van der Waals surface area contributed by atoms with Gasteiger partial charge in [-0.25, -0.2) is 9.18 Å². The number of hydrogen-bond donors (Lipinski definition) is 3. The predicted octanol–water partition coefficient (Wildman–Crippen LogP) is 1.15. The molecule has 3 N–H and O–H groups in total. The second-order valence-corrected chi connectivity index (χ2v) is 9.02. The standard InChI is InChI=1S/C18H24FN3O4S/c1-27-5-4-12-16(24)21-18-7-10(9-2-3-9)8-22(17(25)26)15(18)13(23)6-11(19)14(18)20-12/h6,9-10,12,14-15,20H,2-5,7-8H2,1H3,(H,21,24)(H,25,26)/t10?,12-,14?,15?,18?/m0/s1. The molecular weight excluding hydrogens is 373 g/mol. The first-order valence-corrected chi connectivity index (χ1v) is 10.7. The summed E-state index contributed by atoms with van der Waals surface area (Å²) in [4.78, 5) is 38.5. The predicted molar refractivity (Wildman–Crippen MR) is 98.1 cm³/mol. The molecule has 3 fully saturated rings. The van der Waals surface area contributed by atoms with E-state index in [0.29, 0.717) is 18.8 Å². The summed E-state index contributed by atoms with van der Waals surface area (Å²) in [6, 6.07) is -2.53. The Labute approximate surface area is 161 Å². The van der Waals surface area contributed by atoms with Gasteiger partial charge in [0.1, 0.15) is 11.9 Å². The second-order valence-electron chi connectivity index (χ2n) is 8.03. The van der Waals surface area contributed by atoms with Gasteiger partial charge in [-0.15, -0.1) is 0 Å². The summed E-state index contributed by atoms with van der Waals surface area (Å²) in [5.74, 6) is -0.363. The molecule has 4 unspecified atom stereocenters. The number of carbonyl (C=O) groups is 3. The van der Waals surface area contributed by atoms with E-state index in [4.69, 9.17) is 0 Å². The Hall–Kier alpha value is -1.61. The fraction of sp³-hybridized carbons (Fsp3) is 0.722. The molecule has 1 saturated carbocycles. The Bertz CT molecular complexity index is 713. The Morgan fingerprint density at radius 3 is 2.78 bits per heavy atom. The number of piperazine rings is 1. The van der Waals surface area contributed by atoms with Crippen LogP contribution in [-0.4, -0.2) is 70.0 Å². The van der Waals surface area contributed by atoms with Crippen LogP contribution in [0.2, 0.25) is 0 Å². The Balaban J connectivity index is 1.74. The van der Waals surface area contributed by atoms with Gasteiger partial charge in [-0.1, -0.05) is 0 Å². The number of piperidine rings is 1. The van der Waals surface area contributed by atoms with Crippen molar-refractivity contribution in [1.82, 2.24) is 15.5 Å². The smallest absolute Gasteiger partial charge is 0.408 e. The van der Waals surface area contributed by atoms with Gasteiger partial charge in [-0.05, 0) is 49.5 Å². The van der Waals surface area contributed by atoms with Crippen molar-refractivity contribution in [1.29, 1.82) is 0 Å². The summed E-state index contributed by atoms with van der Waals surface area (Å²) in [5, 5.41) is 15.8. The normalized spacial score (nSPS) is 38.6. The van der Waals surface area contributed by atoms with Gasteiger partial charge in [0.2, 0.25) is 5.91 Å². The number of hydrogen-bond acceptors (Lipinski definition) is 5. The summed E-state index contributed by atoms with van der Waals surface area (Å²) in [7, 11) is 0. The molecule has 0 aromatic carbocycles. The van der Waals surface area contributed by atoms with Crippen LogP contribution in [0.3, 0.4) is 0 Å². The molecule has 4 rings (SSSR count). The molecule has 0 aromatic rings. The van der Waals surface area contributed by atoms with E-state index in [2.05, 4.69) is 10.6 Å². The van der Waals surface area contributed by atoms with Crippen molar-refractivity contribution in [3.05, 3.63) is 11.9 Å². The maximum atomic E-state index is 14.9. The summed E-state index contributed by atoms with van der Waals surface area (Å²) >= 11 is 1.60. The van der Waals surface area contributed by atoms with E-state index in [1.54, 1.807) is 11.8 Å². The van der Waals surface area contributed by atoms with Gasteiger partial charge in [-0.2, -0.15) is 11.8 Å². The molecule has 148 valence electrons. The first-order valence-electron chi connectivity index (χ1n) is 9.35. The van der Waals surface area contributed by atoms with Gasteiger partial charge >= 0.3 is 6.09 Å². The highest BCUT2D eigenvalue weighted by Gasteiger charge is 2.63. The first-order chi connectivity index (χ1) is 12.9. The molecule has 0 aromatic heterocycles. The molecule has 4 aliphatic rings. The third kappa shape index (κ3) is 3.04. The van der Waals surface area contributed by atoms with Gasteiger partial charge in [0.15, 0.2) is 5.78 Å². The number of nitrogens with one attached hydrogen (secondary N) is 2. The third-order valence-corrected chi connectivity index (χ3v) is 7.00. The molecule has 9 heteroatoms. The van der Waals surface area contributed by atoms with Crippen molar-refractivity contribution in [2.45, 2.75) is 49.3 Å². The van der Waals surface area contributed by atoms with Crippen molar-refractivity contribution in [3.63, 3.8) is 0 Å². The van der Waals surface area contributed by atoms with Gasteiger partial charge in [-0.3, -0.25) is 19.8 Å². The summed E-state index contributed by atoms with van der Waals surface area (Å²) in [6.45, 7) is 0.256. The SMILES string of the molecule is CSCC[C@@H]1NC2C(F)=CC(=O)C3N(C(=O)O)CC(C4CC4)CC23NC1=O. The van der Waals surface area contributed by atoms with Crippen molar-refractivity contribution < 1.29 is 23.9 Å². The van der Waals surface area contributed by atoms with Crippen LogP contribution in [0.25, 0.3) is 0 Å². The zero-order chi connectivity index (χ0) is 19.3. The molecule has 7 nitrogen and oxygen atoms in total. The number of thioether (sulfide) groups is 1. The largest absolute Gasteiger partial charge is 0.465 e. The minimum Gasteiger partial charge on any atom is -0.465 e. The molecule has 2 aliphatic carbocycles. The fourth-order valence-electron chi connectivity index (χ4n) is 5.01. The van der Waals surface area contributed by atoms with Crippen LogP contribution in [0.5, 0.6) is 0 Å². The van der Waals surface area contributed by atoms with Crippen molar-refractivity contribution in [2.75, 3.05) is 18.6 Å². The average Bonchev–Trinajstić information content (AvgIpc) is 3.44. The third-order valence-electron chi connectivity index (χ3n) is 6.36. The molecule has 1 spiro atoms. The van der Waals surface area contributed by atoms with E-state index in [1.165, 1.54) is 0 Å². The van der Waals surface area contributed by atoms with Gasteiger partial charge in [0, 0.05) is 12.6 Å². The van der Waals surface area contributed by atoms with E-state index in [-0.39, 0.29) is 18.4 Å². The van der Waals surface area contributed by atoms with Crippen LogP contribution in [0.15, 0.2) is 11.9 Å². The van der Waals surface area contributed by atoms with E-state index < -0.39 is 41.4 Å². The Morgan fingerprint density at radius 2 is 2.15 bits per heavy atom. The molecule has 2 heterocycles. The molecule has 2 saturated heterocycles. The molecular formula is C18H24FN3O4S. The monoisotopic (exact) mass is 397 g/mol. The molecule has 2 aliphatic heterocycles. The van der Waals surface area contributed by atoms with Crippen LogP contribution in [-0.2, 0) is 9.59 Å². The number of amides is 2. The van der Waals surface area contributed by atoms with E-state index in [0.717, 1.165) is 29.6 Å². The molecule has 0 radical (unpaired) electrons. The molecule has 0 bridgehead atoms. The number of halogens is 1. The molecule has 5 atom stereocenters. The van der Waals surface area contributed by atoms with Crippen molar-refractivity contribution >= 4 is 29.5 Å². The minimum absolute atomic E-state index is 0.0170. The zero-order valence-corrected chi connectivity index (χ0v) is 15.9. The van der Waals surface area contributed by atoms with Crippen molar-refractivity contribution in [3.8, 4) is 0 Å². The summed E-state index contributed by atoms with van der Waals surface area (Å²) in [6.07, 6.45) is 4.60. The van der Waals surface area contributed by atoms with Gasteiger partial charge < -0.3 is 10.4 Å². The average molecular weight is 397 g/mol. The van der Waals surface area contributed by atoms with Crippen LogP contribution in [0.4, 0.5) is 9.18 Å². The number of rotatable bonds is 4. The quantitative estimate of drug-likeness (QED) is 0.658. The number of ketones is 1. The van der Waals surface area contributed by atoms with E-state index in [1.807, 2.05) is 6.26 Å². The lowest BCUT2D eigenvalue weighted by Gasteiger charge is -2.58. The van der Waals surface area contributed by atoms with Crippen LogP contribution in [0, 0.1) is 11.8 Å². The van der Waals surface area contributed by atoms with Crippen LogP contribution < -0.4 is 10.6 Å². The topological polar surface area (TPSA) is 98.7 Å². The number of carboxylic acid groups (broad SMARTS) is 1. The minimum atomic E-state index is -1.26. The number of nitrogens with zero attached hydrogens (tertiary/aromatic N) is 1. The zero-order valence-electron chi connectivity index (χ0n) is 15.1. The lowest BCUT2D eigenvalue weighted by molar-refractivity contribution is -0.139. The first kappa shape index (κ1) is 18.7. The van der Waals surface area contributed by atoms with Crippen molar-refractivity contribution in [2.24, 2.45) is 11.8 Å². The Morgan fingerprint density at radius 1 is 1.41 bits per heavy atom. The van der Waals surface area contributed by atoms with Gasteiger partial charge in [0.25, 0.3) is 0 Å². The van der Waals surface area contributed by atoms with Crippen LogP contribution >= 0.6 is 11.8 Å². The van der Waals surface area contributed by atoms with Crippen LogP contribution in [0.1, 0.15) is 25.7 Å². The summed E-state index contributed by atoms with van der Waals surface area (Å²) in [5.41, 5.74) is -1.26. The maximum absolute atomic E-state index is 14.9.